The van der Waals surface area contributed by atoms with Crippen molar-refractivity contribution in [2.24, 2.45) is 10.8 Å². The van der Waals surface area contributed by atoms with Gasteiger partial charge in [-0.25, -0.2) is 4.21 Å². The molecule has 1 aromatic heterocycles. The second kappa shape index (κ2) is 7.36. The smallest absolute Gasteiger partial charge is 0.275 e. The van der Waals surface area contributed by atoms with Gasteiger partial charge in [-0.15, -0.1) is 0 Å². The molecule has 2 unspecified atom stereocenters. The van der Waals surface area contributed by atoms with Crippen LogP contribution in [0.3, 0.4) is 0 Å². The monoisotopic (exact) mass is 388 g/mol. The number of aromatic nitrogens is 2. The Morgan fingerprint density at radius 3 is 2.40 bits per heavy atom. The Bertz CT molecular complexity index is 818. The fraction of sp³-hybridized carbons (Fsp3) is 0.812. The van der Waals surface area contributed by atoms with Crippen molar-refractivity contribution in [1.82, 2.24) is 14.1 Å². The van der Waals surface area contributed by atoms with E-state index in [1.165, 1.54) is 10.6 Å². The summed E-state index contributed by atoms with van der Waals surface area (Å²) in [5.74, 6) is 0. The molecule has 1 aromatic rings. The van der Waals surface area contributed by atoms with E-state index >= 15 is 0 Å². The Balaban J connectivity index is 1.91. The fourth-order valence-corrected chi connectivity index (χ4v) is 8.36. The van der Waals surface area contributed by atoms with Gasteiger partial charge in [0.15, 0.2) is 0 Å². The summed E-state index contributed by atoms with van der Waals surface area (Å²) < 4.78 is 46.1. The molecule has 142 valence electrons. The molecule has 0 amide bonds. The van der Waals surface area contributed by atoms with E-state index in [9.17, 15) is 12.6 Å². The molecule has 1 aliphatic heterocycles. The minimum atomic E-state index is -3.93. The van der Waals surface area contributed by atoms with Crippen molar-refractivity contribution in [2.75, 3.05) is 12.8 Å². The van der Waals surface area contributed by atoms with Crippen LogP contribution in [0, 0.1) is 0 Å². The van der Waals surface area contributed by atoms with Crippen molar-refractivity contribution in [3.8, 4) is 0 Å². The van der Waals surface area contributed by atoms with E-state index in [-0.39, 0.29) is 11.3 Å². The van der Waals surface area contributed by atoms with Crippen LogP contribution in [0.1, 0.15) is 63.0 Å². The average Bonchev–Trinajstić information content (AvgIpc) is 3.01. The summed E-state index contributed by atoms with van der Waals surface area (Å²) in [6.07, 6.45) is 12.4. The zero-order valence-electron chi connectivity index (χ0n) is 15.0. The van der Waals surface area contributed by atoms with Crippen molar-refractivity contribution < 1.29 is 12.6 Å². The van der Waals surface area contributed by atoms with E-state index in [0.29, 0.717) is 6.54 Å². The first-order chi connectivity index (χ1) is 11.8. The lowest BCUT2D eigenvalue weighted by Crippen LogP contribution is -2.38. The summed E-state index contributed by atoms with van der Waals surface area (Å²) in [6, 6.07) is -0.266. The first kappa shape index (κ1) is 18.8. The molecule has 0 N–H and O–H groups in total. The zero-order chi connectivity index (χ0) is 18.1. The van der Waals surface area contributed by atoms with Gasteiger partial charge in [-0.3, -0.25) is 4.68 Å². The number of rotatable bonds is 4. The third-order valence-corrected chi connectivity index (χ3v) is 9.95. The Labute approximate surface area is 151 Å². The van der Waals surface area contributed by atoms with E-state index in [2.05, 4.69) is 8.87 Å². The molecule has 0 radical (unpaired) electrons. The standard InChI is InChI=1S/C16H28N4O3S2/c1-19-13-14(12-17-19)16-10-6-7-11-20(16)25(22,23)18-24(2,21)15-8-4-3-5-9-15/h12-13,15-16H,3-11H2,1-2H3. The van der Waals surface area contributed by atoms with Crippen LogP contribution in [-0.4, -0.2) is 44.8 Å². The quantitative estimate of drug-likeness (QED) is 0.793. The molecule has 1 saturated carbocycles. The normalized spacial score (nSPS) is 26.2. The van der Waals surface area contributed by atoms with E-state index in [0.717, 1.165) is 56.9 Å². The van der Waals surface area contributed by atoms with Crippen LogP contribution in [0.5, 0.6) is 0 Å². The highest BCUT2D eigenvalue weighted by atomic mass is 32.3. The summed E-state index contributed by atoms with van der Waals surface area (Å²) in [4.78, 5) is 0. The first-order valence-electron chi connectivity index (χ1n) is 9.02. The second-order valence-corrected chi connectivity index (χ2v) is 11.6. The molecule has 3 rings (SSSR count). The summed E-state index contributed by atoms with van der Waals surface area (Å²) in [7, 11) is -4.88. The average molecular weight is 389 g/mol. The highest BCUT2D eigenvalue weighted by molar-refractivity contribution is 8.02. The molecule has 25 heavy (non-hydrogen) atoms. The first-order valence-corrected chi connectivity index (χ1v) is 12.4. The van der Waals surface area contributed by atoms with Gasteiger partial charge in [0.05, 0.1) is 22.0 Å². The van der Waals surface area contributed by atoms with Crippen LogP contribution >= 0.6 is 0 Å². The maximum absolute atomic E-state index is 13.1. The fourth-order valence-electron chi connectivity index (χ4n) is 3.92. The van der Waals surface area contributed by atoms with E-state index in [1.807, 2.05) is 13.2 Å². The predicted octanol–water partition coefficient (Wildman–Crippen LogP) is 2.62. The van der Waals surface area contributed by atoms with Crippen molar-refractivity contribution in [1.29, 1.82) is 0 Å². The van der Waals surface area contributed by atoms with Gasteiger partial charge in [0, 0.05) is 36.9 Å². The van der Waals surface area contributed by atoms with E-state index < -0.39 is 19.9 Å². The van der Waals surface area contributed by atoms with Crippen molar-refractivity contribution in [3.05, 3.63) is 18.0 Å². The van der Waals surface area contributed by atoms with Crippen molar-refractivity contribution in [3.63, 3.8) is 0 Å². The SMILES string of the molecule is Cn1cc(C2CCCCN2S(=O)(=O)N=S(C)(=O)C2CCCCC2)cn1. The highest BCUT2D eigenvalue weighted by Gasteiger charge is 2.35. The van der Waals surface area contributed by atoms with Crippen LogP contribution in [0.4, 0.5) is 0 Å². The molecule has 2 aliphatic rings. The van der Waals surface area contributed by atoms with Crippen LogP contribution in [0.2, 0.25) is 0 Å². The lowest BCUT2D eigenvalue weighted by Gasteiger charge is -2.33. The lowest BCUT2D eigenvalue weighted by atomic mass is 10.0. The third kappa shape index (κ3) is 4.25. The minimum absolute atomic E-state index is 0.113. The van der Waals surface area contributed by atoms with Crippen LogP contribution in [0.25, 0.3) is 0 Å². The summed E-state index contributed by atoms with van der Waals surface area (Å²) in [5.41, 5.74) is 0.876. The Kier molecular flexibility index (Phi) is 5.55. The number of piperidine rings is 1. The van der Waals surface area contributed by atoms with Crippen LogP contribution in [0.15, 0.2) is 16.2 Å². The zero-order valence-corrected chi connectivity index (χ0v) is 16.6. The van der Waals surface area contributed by atoms with Gasteiger partial charge in [0.25, 0.3) is 0 Å². The maximum Gasteiger partial charge on any atom is 0.330 e. The Morgan fingerprint density at radius 2 is 1.76 bits per heavy atom. The molecule has 0 aromatic carbocycles. The number of hydrogen-bond acceptors (Lipinski definition) is 4. The minimum Gasteiger partial charge on any atom is -0.275 e. The summed E-state index contributed by atoms with van der Waals surface area (Å²) in [5, 5.41) is 4.05. The Hall–Kier alpha value is -0.930. The Morgan fingerprint density at radius 1 is 1.08 bits per heavy atom. The third-order valence-electron chi connectivity index (χ3n) is 5.27. The topological polar surface area (TPSA) is 84.6 Å². The molecule has 1 aliphatic carbocycles. The second-order valence-electron chi connectivity index (χ2n) is 7.24. The van der Waals surface area contributed by atoms with Gasteiger partial charge in [-0.05, 0) is 25.7 Å². The number of hydrogen-bond donors (Lipinski definition) is 0. The van der Waals surface area contributed by atoms with E-state index in [1.54, 1.807) is 10.9 Å². The molecule has 2 heterocycles. The molecule has 2 atom stereocenters. The number of nitrogens with zero attached hydrogens (tertiary/aromatic N) is 4. The van der Waals surface area contributed by atoms with Crippen molar-refractivity contribution >= 4 is 19.9 Å². The molecule has 2 fully saturated rings. The number of aryl methyl sites for hydroxylation is 1. The molecule has 0 bridgehead atoms. The molecule has 9 heteroatoms. The summed E-state index contributed by atoms with van der Waals surface area (Å²) >= 11 is 0. The van der Waals surface area contributed by atoms with Gasteiger partial charge in [-0.2, -0.15) is 17.8 Å². The molecular weight excluding hydrogens is 360 g/mol. The summed E-state index contributed by atoms with van der Waals surface area (Å²) in [6.45, 7) is 0.422. The van der Waals surface area contributed by atoms with Gasteiger partial charge < -0.3 is 0 Å². The lowest BCUT2D eigenvalue weighted by molar-refractivity contribution is 0.256. The molecular formula is C16H28N4O3S2. The van der Waals surface area contributed by atoms with Crippen LogP contribution in [-0.2, 0) is 27.0 Å². The predicted molar refractivity (Wildman–Crippen MR) is 98.8 cm³/mol. The van der Waals surface area contributed by atoms with Gasteiger partial charge >= 0.3 is 10.2 Å². The van der Waals surface area contributed by atoms with Gasteiger partial charge in [0.2, 0.25) is 0 Å². The maximum atomic E-state index is 13.1. The highest BCUT2D eigenvalue weighted by Crippen LogP contribution is 2.34. The van der Waals surface area contributed by atoms with Gasteiger partial charge in [0.1, 0.15) is 0 Å². The van der Waals surface area contributed by atoms with Crippen molar-refractivity contribution in [2.45, 2.75) is 62.7 Å². The van der Waals surface area contributed by atoms with Gasteiger partial charge in [-0.1, -0.05) is 29.5 Å². The molecule has 1 saturated heterocycles. The molecule has 7 nitrogen and oxygen atoms in total. The molecule has 0 spiro atoms. The van der Waals surface area contributed by atoms with Crippen LogP contribution < -0.4 is 0 Å². The largest absolute Gasteiger partial charge is 0.330 e. The van der Waals surface area contributed by atoms with E-state index in [4.69, 9.17) is 0 Å².